The first-order valence-electron chi connectivity index (χ1n) is 9.46. The number of amides is 4. The van der Waals surface area contributed by atoms with Crippen LogP contribution in [-0.4, -0.2) is 30.9 Å². The Balaban J connectivity index is 1.67. The molecule has 4 rings (SSSR count). The highest BCUT2D eigenvalue weighted by Gasteiger charge is 2.37. The Hall–Kier alpha value is -3.12. The summed E-state index contributed by atoms with van der Waals surface area (Å²) in [7, 11) is 0. The molecule has 0 aromatic heterocycles. The molecule has 6 nitrogen and oxygen atoms in total. The summed E-state index contributed by atoms with van der Waals surface area (Å²) in [5, 5.41) is 2.62. The van der Waals surface area contributed by atoms with Crippen molar-refractivity contribution in [2.75, 3.05) is 22.9 Å². The molecule has 2 aliphatic rings. The first-order valence-corrected chi connectivity index (χ1v) is 9.84. The average molecular weight is 410 g/mol. The van der Waals surface area contributed by atoms with Crippen molar-refractivity contribution in [2.24, 2.45) is 0 Å². The van der Waals surface area contributed by atoms with Crippen LogP contribution in [0.2, 0.25) is 5.02 Å². The number of halogens is 1. The molecule has 0 atom stereocenters. The van der Waals surface area contributed by atoms with Crippen molar-refractivity contribution < 1.29 is 14.4 Å². The van der Waals surface area contributed by atoms with Gasteiger partial charge in [0.15, 0.2) is 0 Å². The standard InChI is InChI=1S/C22H20ClN3O3/c1-14-11-17(25-9-2-3-10-25)8-7-15(14)12-19-20(27)24-22(29)26(21(19)28)18-6-4-5-16(23)13-18/h4-8,11-13H,2-3,9-10H2,1H3,(H,24,27,29)/b19-12+. The average Bonchev–Trinajstić information content (AvgIpc) is 3.21. The topological polar surface area (TPSA) is 69.7 Å². The van der Waals surface area contributed by atoms with Crippen LogP contribution < -0.4 is 15.1 Å². The van der Waals surface area contributed by atoms with Gasteiger partial charge in [0.25, 0.3) is 11.8 Å². The molecule has 2 heterocycles. The second-order valence-electron chi connectivity index (χ2n) is 7.17. The number of rotatable bonds is 3. The van der Waals surface area contributed by atoms with Crippen LogP contribution in [0.4, 0.5) is 16.2 Å². The minimum Gasteiger partial charge on any atom is -0.372 e. The van der Waals surface area contributed by atoms with Crippen LogP contribution in [-0.2, 0) is 9.59 Å². The molecule has 2 fully saturated rings. The Morgan fingerprint density at radius 1 is 1.00 bits per heavy atom. The molecule has 4 amide bonds. The van der Waals surface area contributed by atoms with Crippen molar-refractivity contribution in [3.8, 4) is 0 Å². The maximum Gasteiger partial charge on any atom is 0.335 e. The highest BCUT2D eigenvalue weighted by atomic mass is 35.5. The number of hydrogen-bond donors (Lipinski definition) is 1. The molecule has 1 N–H and O–H groups in total. The van der Waals surface area contributed by atoms with Gasteiger partial charge in [-0.25, -0.2) is 9.69 Å². The molecule has 0 saturated carbocycles. The fraction of sp³-hybridized carbons (Fsp3) is 0.227. The van der Waals surface area contributed by atoms with E-state index in [1.54, 1.807) is 18.2 Å². The third-order valence-corrected chi connectivity index (χ3v) is 5.43. The molecular formula is C22H20ClN3O3. The van der Waals surface area contributed by atoms with Crippen LogP contribution in [0.25, 0.3) is 6.08 Å². The minimum atomic E-state index is -0.791. The molecule has 0 spiro atoms. The van der Waals surface area contributed by atoms with Gasteiger partial charge >= 0.3 is 6.03 Å². The Labute approximate surface area is 173 Å². The fourth-order valence-corrected chi connectivity index (χ4v) is 3.84. The van der Waals surface area contributed by atoms with Crippen LogP contribution in [0.3, 0.4) is 0 Å². The summed E-state index contributed by atoms with van der Waals surface area (Å²) in [6.45, 7) is 4.02. The zero-order valence-corrected chi connectivity index (χ0v) is 16.7. The number of benzene rings is 2. The summed E-state index contributed by atoms with van der Waals surface area (Å²) >= 11 is 5.99. The van der Waals surface area contributed by atoms with Crippen molar-refractivity contribution in [2.45, 2.75) is 19.8 Å². The van der Waals surface area contributed by atoms with Gasteiger partial charge < -0.3 is 4.90 Å². The minimum absolute atomic E-state index is 0.0957. The summed E-state index contributed by atoms with van der Waals surface area (Å²) in [5.74, 6) is -1.38. The number of nitrogens with zero attached hydrogens (tertiary/aromatic N) is 2. The first-order chi connectivity index (χ1) is 13.9. The normalized spacial score (nSPS) is 18.6. The van der Waals surface area contributed by atoms with E-state index in [1.807, 2.05) is 19.1 Å². The first kappa shape index (κ1) is 19.2. The number of hydrogen-bond acceptors (Lipinski definition) is 4. The van der Waals surface area contributed by atoms with Gasteiger partial charge in [-0.1, -0.05) is 23.7 Å². The van der Waals surface area contributed by atoms with Crippen molar-refractivity contribution in [3.63, 3.8) is 0 Å². The SMILES string of the molecule is Cc1cc(N2CCCC2)ccc1/C=C1\C(=O)NC(=O)N(c2cccc(Cl)c2)C1=O. The Bertz CT molecular complexity index is 1040. The third-order valence-electron chi connectivity index (χ3n) is 5.19. The zero-order chi connectivity index (χ0) is 20.5. The summed E-state index contributed by atoms with van der Waals surface area (Å²) in [6, 6.07) is 11.5. The number of carbonyl (C=O) groups is 3. The molecule has 2 saturated heterocycles. The maximum absolute atomic E-state index is 13.0. The molecule has 2 aromatic rings. The Kier molecular flexibility index (Phi) is 5.11. The van der Waals surface area contributed by atoms with E-state index in [9.17, 15) is 14.4 Å². The third kappa shape index (κ3) is 3.76. The van der Waals surface area contributed by atoms with Crippen molar-refractivity contribution in [1.29, 1.82) is 0 Å². The molecule has 2 aliphatic heterocycles. The van der Waals surface area contributed by atoms with E-state index in [-0.39, 0.29) is 5.57 Å². The van der Waals surface area contributed by atoms with E-state index < -0.39 is 17.8 Å². The van der Waals surface area contributed by atoms with Gasteiger partial charge in [-0.3, -0.25) is 14.9 Å². The molecule has 0 aliphatic carbocycles. The van der Waals surface area contributed by atoms with E-state index in [0.717, 1.165) is 34.8 Å². The van der Waals surface area contributed by atoms with Crippen molar-refractivity contribution in [3.05, 3.63) is 64.2 Å². The monoisotopic (exact) mass is 409 g/mol. The number of barbiturate groups is 1. The van der Waals surface area contributed by atoms with Gasteiger partial charge in [-0.05, 0) is 67.3 Å². The largest absolute Gasteiger partial charge is 0.372 e. The molecular weight excluding hydrogens is 390 g/mol. The number of urea groups is 1. The van der Waals surface area contributed by atoms with E-state index in [1.165, 1.54) is 25.0 Å². The van der Waals surface area contributed by atoms with Crippen molar-refractivity contribution in [1.82, 2.24) is 5.32 Å². The van der Waals surface area contributed by atoms with Gasteiger partial charge in [-0.15, -0.1) is 0 Å². The molecule has 2 aromatic carbocycles. The number of imide groups is 2. The van der Waals surface area contributed by atoms with Crippen LogP contribution in [0.15, 0.2) is 48.0 Å². The van der Waals surface area contributed by atoms with E-state index in [4.69, 9.17) is 11.6 Å². The molecule has 0 bridgehead atoms. The lowest BCUT2D eigenvalue weighted by Crippen LogP contribution is -2.54. The number of nitrogens with one attached hydrogen (secondary N) is 1. The highest BCUT2D eigenvalue weighted by Crippen LogP contribution is 2.27. The van der Waals surface area contributed by atoms with Gasteiger partial charge in [0, 0.05) is 23.8 Å². The van der Waals surface area contributed by atoms with Gasteiger partial charge in [0.05, 0.1) is 5.69 Å². The smallest absolute Gasteiger partial charge is 0.335 e. The second kappa shape index (κ2) is 7.72. The van der Waals surface area contributed by atoms with E-state index in [2.05, 4.69) is 16.3 Å². The van der Waals surface area contributed by atoms with Crippen LogP contribution in [0.5, 0.6) is 0 Å². The summed E-state index contributed by atoms with van der Waals surface area (Å²) in [6.07, 6.45) is 3.91. The maximum atomic E-state index is 13.0. The molecule has 7 heteroatoms. The van der Waals surface area contributed by atoms with Gasteiger partial charge in [-0.2, -0.15) is 0 Å². The van der Waals surface area contributed by atoms with E-state index in [0.29, 0.717) is 10.7 Å². The second-order valence-corrected chi connectivity index (χ2v) is 7.61. The van der Waals surface area contributed by atoms with Crippen LogP contribution >= 0.6 is 11.6 Å². The van der Waals surface area contributed by atoms with Gasteiger partial charge in [0.1, 0.15) is 5.57 Å². The predicted molar refractivity (Wildman–Crippen MR) is 113 cm³/mol. The van der Waals surface area contributed by atoms with Crippen LogP contribution in [0.1, 0.15) is 24.0 Å². The fourth-order valence-electron chi connectivity index (χ4n) is 3.66. The predicted octanol–water partition coefficient (Wildman–Crippen LogP) is 3.92. The van der Waals surface area contributed by atoms with Crippen molar-refractivity contribution >= 4 is 46.9 Å². The summed E-state index contributed by atoms with van der Waals surface area (Å²) < 4.78 is 0. The summed E-state index contributed by atoms with van der Waals surface area (Å²) in [4.78, 5) is 40.9. The lowest BCUT2D eigenvalue weighted by molar-refractivity contribution is -0.122. The van der Waals surface area contributed by atoms with E-state index >= 15 is 0 Å². The quantitative estimate of drug-likeness (QED) is 0.616. The molecule has 29 heavy (non-hydrogen) atoms. The number of aryl methyl sites for hydroxylation is 1. The molecule has 0 unspecified atom stereocenters. The lowest BCUT2D eigenvalue weighted by Gasteiger charge is -2.26. The number of carbonyl (C=O) groups excluding carboxylic acids is 3. The zero-order valence-electron chi connectivity index (χ0n) is 15.9. The van der Waals surface area contributed by atoms with Gasteiger partial charge in [0.2, 0.25) is 0 Å². The number of anilines is 2. The van der Waals surface area contributed by atoms with Crippen LogP contribution in [0, 0.1) is 6.92 Å². The molecule has 148 valence electrons. The Morgan fingerprint density at radius 3 is 2.45 bits per heavy atom. The lowest BCUT2D eigenvalue weighted by atomic mass is 10.0. The molecule has 0 radical (unpaired) electrons. The summed E-state index contributed by atoms with van der Waals surface area (Å²) in [5.41, 5.74) is 3.05. The highest BCUT2D eigenvalue weighted by molar-refractivity contribution is 6.39. The Morgan fingerprint density at radius 2 is 1.76 bits per heavy atom.